The Morgan fingerprint density at radius 3 is 2.08 bits per heavy atom. The first-order chi connectivity index (χ1) is 12.7. The molecule has 0 saturated carbocycles. The maximum atomic E-state index is 10.6. The van der Waals surface area contributed by atoms with Crippen LogP contribution in [0.1, 0.15) is 16.7 Å². The monoisotopic (exact) mass is 341 g/mol. The fraction of sp³-hybridized carbons (Fsp3) is 0. The van der Waals surface area contributed by atoms with E-state index in [0.29, 0.717) is 5.69 Å². The van der Waals surface area contributed by atoms with Gasteiger partial charge >= 0.3 is 0 Å². The largest absolute Gasteiger partial charge is 0.278 e. The van der Waals surface area contributed by atoms with E-state index in [2.05, 4.69) is 22.4 Å². The molecular weight excluding hydrogens is 326 g/mol. The van der Waals surface area contributed by atoms with E-state index in [9.17, 15) is 10.1 Å². The third-order valence-electron chi connectivity index (χ3n) is 3.52. The molecule has 0 atom stereocenters. The molecule has 0 bridgehead atoms. The maximum Gasteiger partial charge on any atom is 0.269 e. The molecule has 0 aromatic heterocycles. The molecule has 5 nitrogen and oxygen atoms in total. The average molecular weight is 341 g/mol. The van der Waals surface area contributed by atoms with Crippen LogP contribution in [0.5, 0.6) is 0 Å². The van der Waals surface area contributed by atoms with Crippen LogP contribution < -0.4 is 5.43 Å². The van der Waals surface area contributed by atoms with Crippen molar-refractivity contribution in [2.24, 2.45) is 5.10 Å². The number of hydrogen-bond acceptors (Lipinski definition) is 4. The first-order valence-electron chi connectivity index (χ1n) is 7.91. The molecular formula is C21H15N3O2. The number of benzene rings is 3. The number of non-ortho nitro benzene ring substituents is 1. The van der Waals surface area contributed by atoms with E-state index < -0.39 is 4.92 Å². The SMILES string of the molecule is O=[N+]([O-])c1ccc(NN=Cc2ccc(C#Cc3ccccc3)cc2)cc1. The smallest absolute Gasteiger partial charge is 0.269 e. The van der Waals surface area contributed by atoms with Crippen LogP contribution >= 0.6 is 0 Å². The molecule has 0 radical (unpaired) electrons. The predicted octanol–water partition coefficient (Wildman–Crippen LogP) is 4.44. The van der Waals surface area contributed by atoms with Gasteiger partial charge in [-0.25, -0.2) is 0 Å². The van der Waals surface area contributed by atoms with E-state index in [4.69, 9.17) is 0 Å². The van der Waals surface area contributed by atoms with E-state index in [1.165, 1.54) is 12.1 Å². The Bertz CT molecular complexity index is 968. The van der Waals surface area contributed by atoms with Crippen LogP contribution in [-0.2, 0) is 0 Å². The summed E-state index contributed by atoms with van der Waals surface area (Å²) in [7, 11) is 0. The van der Waals surface area contributed by atoms with Gasteiger partial charge in [0.05, 0.1) is 16.8 Å². The topological polar surface area (TPSA) is 67.5 Å². The van der Waals surface area contributed by atoms with Crippen LogP contribution in [0.2, 0.25) is 0 Å². The molecule has 0 heterocycles. The van der Waals surface area contributed by atoms with Crippen molar-refractivity contribution in [2.75, 3.05) is 5.43 Å². The average Bonchev–Trinajstić information content (AvgIpc) is 2.68. The lowest BCUT2D eigenvalue weighted by molar-refractivity contribution is -0.384. The van der Waals surface area contributed by atoms with E-state index in [1.807, 2.05) is 54.6 Å². The van der Waals surface area contributed by atoms with Gasteiger partial charge in [0.1, 0.15) is 0 Å². The highest BCUT2D eigenvalue weighted by molar-refractivity contribution is 5.80. The standard InChI is InChI=1S/C21H15N3O2/c25-24(26)21-14-12-20(13-15-21)23-22-16-19-10-8-18(9-11-19)7-6-17-4-2-1-3-5-17/h1-5,8-16,23H. The summed E-state index contributed by atoms with van der Waals surface area (Å²) in [5, 5.41) is 14.7. The van der Waals surface area contributed by atoms with Crippen LogP contribution in [-0.4, -0.2) is 11.1 Å². The molecule has 0 saturated heterocycles. The first-order valence-corrected chi connectivity index (χ1v) is 7.91. The van der Waals surface area contributed by atoms with E-state index in [1.54, 1.807) is 18.3 Å². The minimum atomic E-state index is -0.435. The first kappa shape index (κ1) is 16.9. The maximum absolute atomic E-state index is 10.6. The van der Waals surface area contributed by atoms with Gasteiger partial charge in [0.2, 0.25) is 0 Å². The molecule has 0 unspecified atom stereocenters. The zero-order valence-electron chi connectivity index (χ0n) is 13.8. The second-order valence-corrected chi connectivity index (χ2v) is 5.41. The number of rotatable bonds is 4. The highest BCUT2D eigenvalue weighted by Gasteiger charge is 2.02. The molecule has 0 aliphatic heterocycles. The Balaban J connectivity index is 1.59. The van der Waals surface area contributed by atoms with Crippen LogP contribution in [0.25, 0.3) is 0 Å². The lowest BCUT2D eigenvalue weighted by Gasteiger charge is -1.99. The number of nitro benzene ring substituents is 1. The Morgan fingerprint density at radius 1 is 0.846 bits per heavy atom. The number of nitrogens with zero attached hydrogens (tertiary/aromatic N) is 2. The van der Waals surface area contributed by atoms with E-state index in [0.717, 1.165) is 16.7 Å². The molecule has 3 rings (SSSR count). The van der Waals surface area contributed by atoms with Gasteiger partial charge in [-0.05, 0) is 42.0 Å². The van der Waals surface area contributed by atoms with Crippen LogP contribution in [0.3, 0.4) is 0 Å². The second kappa shape index (κ2) is 8.27. The highest BCUT2D eigenvalue weighted by atomic mass is 16.6. The van der Waals surface area contributed by atoms with Crippen molar-refractivity contribution in [1.82, 2.24) is 0 Å². The number of hydrogen-bond donors (Lipinski definition) is 1. The lowest BCUT2D eigenvalue weighted by Crippen LogP contribution is -1.92. The highest BCUT2D eigenvalue weighted by Crippen LogP contribution is 2.15. The summed E-state index contributed by atoms with van der Waals surface area (Å²) in [5.41, 5.74) is 6.39. The number of nitrogens with one attached hydrogen (secondary N) is 1. The summed E-state index contributed by atoms with van der Waals surface area (Å²) in [6, 6.07) is 23.6. The van der Waals surface area contributed by atoms with Crippen molar-refractivity contribution in [1.29, 1.82) is 0 Å². The van der Waals surface area contributed by atoms with E-state index in [-0.39, 0.29) is 5.69 Å². The summed E-state index contributed by atoms with van der Waals surface area (Å²) in [5.74, 6) is 6.23. The van der Waals surface area contributed by atoms with Gasteiger partial charge in [0.15, 0.2) is 0 Å². The summed E-state index contributed by atoms with van der Waals surface area (Å²) in [4.78, 5) is 10.2. The molecule has 0 fully saturated rings. The molecule has 5 heteroatoms. The quantitative estimate of drug-likeness (QED) is 0.330. The number of anilines is 1. The van der Waals surface area contributed by atoms with Crippen molar-refractivity contribution < 1.29 is 4.92 Å². The fourth-order valence-electron chi connectivity index (χ4n) is 2.16. The van der Waals surface area contributed by atoms with Gasteiger partial charge in [-0.1, -0.05) is 42.2 Å². The van der Waals surface area contributed by atoms with Crippen LogP contribution in [0, 0.1) is 22.0 Å². The van der Waals surface area contributed by atoms with Gasteiger partial charge in [-0.15, -0.1) is 0 Å². The fourth-order valence-corrected chi connectivity index (χ4v) is 2.16. The summed E-state index contributed by atoms with van der Waals surface area (Å²) < 4.78 is 0. The van der Waals surface area contributed by atoms with Crippen molar-refractivity contribution >= 4 is 17.6 Å². The minimum Gasteiger partial charge on any atom is -0.278 e. The Labute approximate surface area is 151 Å². The third kappa shape index (κ3) is 4.79. The van der Waals surface area contributed by atoms with Crippen molar-refractivity contribution in [3.8, 4) is 11.8 Å². The van der Waals surface area contributed by atoms with Crippen LogP contribution in [0.15, 0.2) is 84.0 Å². The molecule has 126 valence electrons. The van der Waals surface area contributed by atoms with Crippen LogP contribution in [0.4, 0.5) is 11.4 Å². The normalized spacial score (nSPS) is 10.2. The third-order valence-corrected chi connectivity index (χ3v) is 3.52. The summed E-state index contributed by atoms with van der Waals surface area (Å²) in [6.45, 7) is 0. The molecule has 0 aliphatic rings. The zero-order valence-corrected chi connectivity index (χ0v) is 13.8. The zero-order chi connectivity index (χ0) is 18.2. The second-order valence-electron chi connectivity index (χ2n) is 5.41. The molecule has 0 spiro atoms. The summed E-state index contributed by atoms with van der Waals surface area (Å²) >= 11 is 0. The van der Waals surface area contributed by atoms with Crippen molar-refractivity contribution in [2.45, 2.75) is 0 Å². The Hall–Kier alpha value is -3.91. The molecule has 3 aromatic rings. The summed E-state index contributed by atoms with van der Waals surface area (Å²) in [6.07, 6.45) is 1.68. The van der Waals surface area contributed by atoms with Gasteiger partial charge in [0.25, 0.3) is 5.69 Å². The van der Waals surface area contributed by atoms with Gasteiger partial charge in [0, 0.05) is 23.3 Å². The predicted molar refractivity (Wildman–Crippen MR) is 103 cm³/mol. The van der Waals surface area contributed by atoms with E-state index >= 15 is 0 Å². The Kier molecular flexibility index (Phi) is 5.38. The molecule has 0 aliphatic carbocycles. The molecule has 26 heavy (non-hydrogen) atoms. The van der Waals surface area contributed by atoms with Crippen molar-refractivity contribution in [3.63, 3.8) is 0 Å². The lowest BCUT2D eigenvalue weighted by atomic mass is 10.1. The molecule has 0 amide bonds. The molecule has 1 N–H and O–H groups in total. The van der Waals surface area contributed by atoms with Gasteiger partial charge in [-0.3, -0.25) is 15.5 Å². The minimum absolute atomic E-state index is 0.0479. The number of nitro groups is 1. The van der Waals surface area contributed by atoms with Crippen molar-refractivity contribution in [3.05, 3.63) is 106 Å². The Morgan fingerprint density at radius 2 is 1.46 bits per heavy atom. The molecule has 3 aromatic carbocycles. The van der Waals surface area contributed by atoms with Gasteiger partial charge < -0.3 is 0 Å². The number of hydrazone groups is 1. The van der Waals surface area contributed by atoms with Gasteiger partial charge in [-0.2, -0.15) is 5.10 Å².